The zero-order valence-corrected chi connectivity index (χ0v) is 35.1. The summed E-state index contributed by atoms with van der Waals surface area (Å²) in [4.78, 5) is 54.1. The molecule has 0 saturated carbocycles. The molecule has 3 N–H and O–H groups in total. The molecule has 2 fully saturated rings. The Balaban J connectivity index is 0.814. The van der Waals surface area contributed by atoms with E-state index in [4.69, 9.17) is 10.1 Å². The van der Waals surface area contributed by atoms with Gasteiger partial charge in [-0.2, -0.15) is 5.10 Å². The Hall–Kier alpha value is -6.28. The highest BCUT2D eigenvalue weighted by Gasteiger charge is 2.26. The topological polar surface area (TPSA) is 144 Å². The van der Waals surface area contributed by atoms with Crippen LogP contribution in [0, 0.1) is 26.7 Å². The molecule has 8 rings (SSSR count). The Morgan fingerprint density at radius 2 is 1.62 bits per heavy atom. The number of hydrogen-bond donors (Lipinski definition) is 3. The van der Waals surface area contributed by atoms with Gasteiger partial charge in [0.15, 0.2) is 0 Å². The molecule has 3 amide bonds. The van der Waals surface area contributed by atoms with Crippen LogP contribution in [0.1, 0.15) is 52.1 Å². The fraction of sp³-hybridized carbons (Fsp3) is 0.391. The monoisotopic (exact) mass is 809 g/mol. The summed E-state index contributed by atoms with van der Waals surface area (Å²) in [6.07, 6.45) is 3.96. The summed E-state index contributed by atoms with van der Waals surface area (Å²) in [5.74, 6) is 1.69. The van der Waals surface area contributed by atoms with Crippen molar-refractivity contribution in [3.05, 3.63) is 101 Å². The van der Waals surface area contributed by atoms with Gasteiger partial charge in [0, 0.05) is 106 Å². The van der Waals surface area contributed by atoms with Gasteiger partial charge in [0.25, 0.3) is 5.91 Å². The molecule has 6 heterocycles. The van der Waals surface area contributed by atoms with E-state index < -0.39 is 0 Å². The average Bonchev–Trinajstić information content (AvgIpc) is 3.44. The summed E-state index contributed by atoms with van der Waals surface area (Å²) < 4.78 is 2.05. The molecule has 3 aliphatic rings. The van der Waals surface area contributed by atoms with Gasteiger partial charge in [-0.25, -0.2) is 9.67 Å². The van der Waals surface area contributed by atoms with Crippen molar-refractivity contribution in [2.24, 2.45) is 5.92 Å². The van der Waals surface area contributed by atoms with E-state index in [9.17, 15) is 14.4 Å². The molecule has 2 saturated heterocycles. The Bertz CT molecular complexity index is 2340. The van der Waals surface area contributed by atoms with Gasteiger partial charge < -0.3 is 25.3 Å². The SMILES string of the molecule is Cc1cccc(NC(=O)c2ccc(-c3nn4c(c3C)Nc3ccc(N5CCN(CC6CCN(c7ccc(N(C)CCC(=O)NC=O)cc7)CC6)CC5)cc3CC4)nc2C)n1. The second kappa shape index (κ2) is 17.9. The maximum Gasteiger partial charge on any atom is 0.258 e. The predicted octanol–water partition coefficient (Wildman–Crippen LogP) is 5.95. The number of pyridine rings is 2. The van der Waals surface area contributed by atoms with Crippen molar-refractivity contribution in [2.75, 3.05) is 84.7 Å². The van der Waals surface area contributed by atoms with Crippen molar-refractivity contribution < 1.29 is 14.4 Å². The van der Waals surface area contributed by atoms with Gasteiger partial charge in [0.2, 0.25) is 12.3 Å². The van der Waals surface area contributed by atoms with Gasteiger partial charge in [-0.05, 0) is 118 Å². The number of anilines is 6. The van der Waals surface area contributed by atoms with E-state index in [1.807, 2.05) is 50.1 Å². The zero-order chi connectivity index (χ0) is 41.8. The number of aryl methyl sites for hydroxylation is 4. The van der Waals surface area contributed by atoms with Gasteiger partial charge in [-0.3, -0.25) is 29.6 Å². The van der Waals surface area contributed by atoms with Gasteiger partial charge in [0.1, 0.15) is 17.3 Å². The van der Waals surface area contributed by atoms with Crippen LogP contribution < -0.4 is 30.7 Å². The molecule has 5 aromatic rings. The van der Waals surface area contributed by atoms with Crippen molar-refractivity contribution in [3.63, 3.8) is 0 Å². The minimum Gasteiger partial charge on any atom is -0.374 e. The number of rotatable bonds is 12. The number of imide groups is 1. The maximum absolute atomic E-state index is 13.0. The fourth-order valence-corrected chi connectivity index (χ4v) is 8.69. The number of carbonyl (C=O) groups excluding carboxylic acids is 3. The molecule has 312 valence electrons. The molecule has 0 bridgehead atoms. The number of benzene rings is 2. The number of carbonyl (C=O) groups is 3. The summed E-state index contributed by atoms with van der Waals surface area (Å²) in [5.41, 5.74) is 10.5. The van der Waals surface area contributed by atoms with E-state index in [0.29, 0.717) is 35.9 Å². The van der Waals surface area contributed by atoms with Crippen LogP contribution in [0.25, 0.3) is 11.4 Å². The second-order valence-electron chi connectivity index (χ2n) is 16.3. The van der Waals surface area contributed by atoms with Crippen LogP contribution in [-0.4, -0.2) is 102 Å². The fourth-order valence-electron chi connectivity index (χ4n) is 8.69. The van der Waals surface area contributed by atoms with E-state index >= 15 is 0 Å². The van der Waals surface area contributed by atoms with Crippen LogP contribution in [0.15, 0.2) is 72.8 Å². The molecule has 0 spiro atoms. The number of nitrogens with zero attached hydrogens (tertiary/aromatic N) is 8. The standard InChI is InChI=1S/C46H55N11O3/c1-31-6-5-7-42(48-31)51-46(60)39-13-15-41(49-33(39)3)44-32(2)45-50-40-14-12-38(28-35(40)18-23-57(45)52-44)56-26-24-54(25-27-56)29-34-16-21-55(22-17-34)37-10-8-36(9-11-37)53(4)20-19-43(59)47-30-58/h5-15,28,30,34,50H,16-27,29H2,1-4H3,(H,47,58,59)(H,48,51,60). The molecule has 0 unspecified atom stereocenters. The third-order valence-corrected chi connectivity index (χ3v) is 12.2. The van der Waals surface area contributed by atoms with Gasteiger partial charge >= 0.3 is 0 Å². The molecule has 0 atom stereocenters. The third kappa shape index (κ3) is 9.13. The number of fused-ring (bicyclic) bond motifs is 2. The summed E-state index contributed by atoms with van der Waals surface area (Å²) in [5, 5.41) is 13.8. The van der Waals surface area contributed by atoms with Crippen molar-refractivity contribution in [1.29, 1.82) is 0 Å². The first-order valence-electron chi connectivity index (χ1n) is 21.1. The lowest BCUT2D eigenvalue weighted by Crippen LogP contribution is -2.49. The highest BCUT2D eigenvalue weighted by molar-refractivity contribution is 6.04. The van der Waals surface area contributed by atoms with Crippen molar-refractivity contribution >= 4 is 52.6 Å². The highest BCUT2D eigenvalue weighted by Crippen LogP contribution is 2.35. The van der Waals surface area contributed by atoms with Crippen molar-refractivity contribution in [2.45, 2.75) is 53.0 Å². The Labute approximate surface area is 352 Å². The van der Waals surface area contributed by atoms with Gasteiger partial charge in [0.05, 0.1) is 17.0 Å². The lowest BCUT2D eigenvalue weighted by molar-refractivity contribution is -0.125. The van der Waals surface area contributed by atoms with Gasteiger partial charge in [-0.1, -0.05) is 6.07 Å². The normalized spacial score (nSPS) is 15.7. The molecule has 60 heavy (non-hydrogen) atoms. The van der Waals surface area contributed by atoms with E-state index in [0.717, 1.165) is 98.6 Å². The molecular weight excluding hydrogens is 755 g/mol. The van der Waals surface area contributed by atoms with E-state index in [-0.39, 0.29) is 18.2 Å². The lowest BCUT2D eigenvalue weighted by atomic mass is 9.95. The largest absolute Gasteiger partial charge is 0.374 e. The first kappa shape index (κ1) is 40.5. The third-order valence-electron chi connectivity index (χ3n) is 12.2. The molecule has 0 aliphatic carbocycles. The number of aromatic nitrogens is 4. The Kier molecular flexibility index (Phi) is 12.1. The first-order chi connectivity index (χ1) is 29.1. The number of piperazine rings is 1. The van der Waals surface area contributed by atoms with Crippen LogP contribution in [0.3, 0.4) is 0 Å². The minimum absolute atomic E-state index is 0.237. The molecule has 3 aliphatic heterocycles. The van der Waals surface area contributed by atoms with E-state index in [1.54, 1.807) is 6.07 Å². The molecule has 0 radical (unpaired) electrons. The zero-order valence-electron chi connectivity index (χ0n) is 35.1. The summed E-state index contributed by atoms with van der Waals surface area (Å²) in [6.45, 7) is 14.6. The average molecular weight is 810 g/mol. The highest BCUT2D eigenvalue weighted by atomic mass is 16.2. The maximum atomic E-state index is 13.0. The van der Waals surface area contributed by atoms with E-state index in [1.165, 1.54) is 29.8 Å². The van der Waals surface area contributed by atoms with Crippen molar-refractivity contribution in [1.82, 2.24) is 30.0 Å². The van der Waals surface area contributed by atoms with Gasteiger partial charge in [-0.15, -0.1) is 0 Å². The minimum atomic E-state index is -0.265. The number of amides is 3. The predicted molar refractivity (Wildman–Crippen MR) is 237 cm³/mol. The van der Waals surface area contributed by atoms with Crippen molar-refractivity contribution in [3.8, 4) is 11.4 Å². The quantitative estimate of drug-likeness (QED) is 0.129. The Morgan fingerprint density at radius 3 is 2.35 bits per heavy atom. The second-order valence-corrected chi connectivity index (χ2v) is 16.3. The number of nitrogens with one attached hydrogen (secondary N) is 3. The van der Waals surface area contributed by atoms with Crippen LogP contribution in [0.4, 0.5) is 34.4 Å². The smallest absolute Gasteiger partial charge is 0.258 e. The van der Waals surface area contributed by atoms with Crippen LogP contribution in [0.5, 0.6) is 0 Å². The summed E-state index contributed by atoms with van der Waals surface area (Å²) >= 11 is 0. The molecule has 14 heteroatoms. The molecule has 3 aromatic heterocycles. The van der Waals surface area contributed by atoms with E-state index in [2.05, 4.69) is 89.7 Å². The van der Waals surface area contributed by atoms with Crippen LogP contribution >= 0.6 is 0 Å². The lowest BCUT2D eigenvalue weighted by Gasteiger charge is -2.40. The number of hydrogen-bond acceptors (Lipinski definition) is 11. The Morgan fingerprint density at radius 1 is 0.867 bits per heavy atom. The number of piperidine rings is 1. The summed E-state index contributed by atoms with van der Waals surface area (Å²) in [6, 6.07) is 24.6. The molecule has 14 nitrogen and oxygen atoms in total. The first-order valence-corrected chi connectivity index (χ1v) is 21.1. The molecular formula is C46H55N11O3. The molecule has 2 aromatic carbocycles. The van der Waals surface area contributed by atoms with Crippen LogP contribution in [0.2, 0.25) is 0 Å². The summed E-state index contributed by atoms with van der Waals surface area (Å²) in [7, 11) is 1.96. The van der Waals surface area contributed by atoms with Crippen LogP contribution in [-0.2, 0) is 22.6 Å².